The standard InChI is InChI=1S/C12H20BrNS/c1-4-5-6-11(14-9(2)3)12-10(13)7-8-15-12/h7-9,11,14H,4-6H2,1-3H3. The molecule has 3 heteroatoms. The lowest BCUT2D eigenvalue weighted by Gasteiger charge is -2.20. The highest BCUT2D eigenvalue weighted by Gasteiger charge is 2.15. The molecule has 15 heavy (non-hydrogen) atoms. The van der Waals surface area contributed by atoms with Gasteiger partial charge in [0.05, 0.1) is 0 Å². The van der Waals surface area contributed by atoms with Crippen LogP contribution in [0.15, 0.2) is 15.9 Å². The van der Waals surface area contributed by atoms with Crippen molar-refractivity contribution in [2.45, 2.75) is 52.1 Å². The zero-order valence-corrected chi connectivity index (χ0v) is 12.1. The molecule has 1 nitrogen and oxygen atoms in total. The van der Waals surface area contributed by atoms with E-state index in [9.17, 15) is 0 Å². The molecule has 0 spiro atoms. The van der Waals surface area contributed by atoms with Crippen molar-refractivity contribution in [3.63, 3.8) is 0 Å². The third-order valence-electron chi connectivity index (χ3n) is 2.34. The van der Waals surface area contributed by atoms with E-state index >= 15 is 0 Å². The van der Waals surface area contributed by atoms with Crippen molar-refractivity contribution in [3.05, 3.63) is 20.8 Å². The molecule has 86 valence electrons. The summed E-state index contributed by atoms with van der Waals surface area (Å²) in [5, 5.41) is 5.79. The number of halogens is 1. The maximum Gasteiger partial charge on any atom is 0.0428 e. The normalized spacial score (nSPS) is 13.4. The molecule has 0 saturated heterocycles. The van der Waals surface area contributed by atoms with Crippen molar-refractivity contribution in [2.75, 3.05) is 0 Å². The van der Waals surface area contributed by atoms with Gasteiger partial charge in [-0.15, -0.1) is 11.3 Å². The fraction of sp³-hybridized carbons (Fsp3) is 0.667. The molecule has 1 atom stereocenters. The summed E-state index contributed by atoms with van der Waals surface area (Å²) in [4.78, 5) is 1.44. The van der Waals surface area contributed by atoms with Crippen molar-refractivity contribution in [1.82, 2.24) is 5.32 Å². The van der Waals surface area contributed by atoms with E-state index in [0.29, 0.717) is 12.1 Å². The molecule has 0 bridgehead atoms. The molecular weight excluding hydrogens is 270 g/mol. The SMILES string of the molecule is CCCCC(NC(C)C)c1sccc1Br. The van der Waals surface area contributed by atoms with Crippen LogP contribution >= 0.6 is 27.3 Å². The van der Waals surface area contributed by atoms with Crippen LogP contribution < -0.4 is 5.32 Å². The van der Waals surface area contributed by atoms with Crippen molar-refractivity contribution in [1.29, 1.82) is 0 Å². The highest BCUT2D eigenvalue weighted by molar-refractivity contribution is 9.10. The van der Waals surface area contributed by atoms with E-state index in [1.807, 2.05) is 11.3 Å². The lowest BCUT2D eigenvalue weighted by atomic mass is 10.1. The monoisotopic (exact) mass is 289 g/mol. The van der Waals surface area contributed by atoms with Crippen LogP contribution in [0.1, 0.15) is 51.0 Å². The Kier molecular flexibility index (Phi) is 5.87. The summed E-state index contributed by atoms with van der Waals surface area (Å²) in [6.07, 6.45) is 3.78. The van der Waals surface area contributed by atoms with Gasteiger partial charge >= 0.3 is 0 Å². The van der Waals surface area contributed by atoms with Crippen LogP contribution in [0.2, 0.25) is 0 Å². The summed E-state index contributed by atoms with van der Waals surface area (Å²) in [7, 11) is 0. The average Bonchev–Trinajstić information content (AvgIpc) is 2.58. The van der Waals surface area contributed by atoms with Gasteiger partial charge in [-0.3, -0.25) is 0 Å². The Bertz CT molecular complexity index is 283. The maximum absolute atomic E-state index is 3.64. The molecule has 1 unspecified atom stereocenters. The zero-order valence-electron chi connectivity index (χ0n) is 9.72. The van der Waals surface area contributed by atoms with Crippen molar-refractivity contribution >= 4 is 27.3 Å². The highest BCUT2D eigenvalue weighted by atomic mass is 79.9. The van der Waals surface area contributed by atoms with E-state index in [-0.39, 0.29) is 0 Å². The summed E-state index contributed by atoms with van der Waals surface area (Å²) in [5.41, 5.74) is 0. The van der Waals surface area contributed by atoms with E-state index in [2.05, 4.69) is 53.5 Å². The van der Waals surface area contributed by atoms with E-state index in [4.69, 9.17) is 0 Å². The van der Waals surface area contributed by atoms with Gasteiger partial charge in [-0.1, -0.05) is 33.6 Å². The average molecular weight is 290 g/mol. The van der Waals surface area contributed by atoms with Crippen LogP contribution in [0.25, 0.3) is 0 Å². The largest absolute Gasteiger partial charge is 0.307 e. The molecule has 0 aliphatic rings. The quantitative estimate of drug-likeness (QED) is 0.798. The van der Waals surface area contributed by atoms with E-state index in [0.717, 1.165) is 0 Å². The van der Waals surface area contributed by atoms with Crippen molar-refractivity contribution < 1.29 is 0 Å². The van der Waals surface area contributed by atoms with Crippen LogP contribution in [0.5, 0.6) is 0 Å². The summed E-state index contributed by atoms with van der Waals surface area (Å²) < 4.78 is 1.25. The second-order valence-electron chi connectivity index (χ2n) is 4.15. The number of hydrogen-bond donors (Lipinski definition) is 1. The molecule has 0 fully saturated rings. The Morgan fingerprint density at radius 2 is 2.20 bits per heavy atom. The van der Waals surface area contributed by atoms with Gasteiger partial charge in [-0.05, 0) is 33.8 Å². The van der Waals surface area contributed by atoms with Gasteiger partial charge in [0.1, 0.15) is 0 Å². The fourth-order valence-electron chi connectivity index (χ4n) is 1.65. The lowest BCUT2D eigenvalue weighted by molar-refractivity contribution is 0.444. The minimum Gasteiger partial charge on any atom is -0.307 e. The van der Waals surface area contributed by atoms with Gasteiger partial charge < -0.3 is 5.32 Å². The van der Waals surface area contributed by atoms with Crippen molar-refractivity contribution in [3.8, 4) is 0 Å². The van der Waals surface area contributed by atoms with Gasteiger partial charge in [0, 0.05) is 21.4 Å². The Morgan fingerprint density at radius 1 is 1.47 bits per heavy atom. The predicted molar refractivity (Wildman–Crippen MR) is 72.6 cm³/mol. The molecule has 1 N–H and O–H groups in total. The predicted octanol–water partition coefficient (Wildman–Crippen LogP) is 4.74. The molecule has 0 aliphatic heterocycles. The van der Waals surface area contributed by atoms with Crippen LogP contribution in [0.3, 0.4) is 0 Å². The van der Waals surface area contributed by atoms with Gasteiger partial charge in [-0.2, -0.15) is 0 Å². The van der Waals surface area contributed by atoms with Crippen LogP contribution in [-0.2, 0) is 0 Å². The number of unbranched alkanes of at least 4 members (excludes halogenated alkanes) is 1. The molecule has 1 rings (SSSR count). The van der Waals surface area contributed by atoms with E-state index in [1.165, 1.54) is 28.6 Å². The third-order valence-corrected chi connectivity index (χ3v) is 4.33. The van der Waals surface area contributed by atoms with Gasteiger partial charge in [-0.25, -0.2) is 0 Å². The highest BCUT2D eigenvalue weighted by Crippen LogP contribution is 2.32. The van der Waals surface area contributed by atoms with Gasteiger partial charge in [0.15, 0.2) is 0 Å². The second kappa shape index (κ2) is 6.66. The molecule has 1 aromatic heterocycles. The smallest absolute Gasteiger partial charge is 0.0428 e. The summed E-state index contributed by atoms with van der Waals surface area (Å²) in [6.45, 7) is 6.66. The van der Waals surface area contributed by atoms with Gasteiger partial charge in [0.2, 0.25) is 0 Å². The summed E-state index contributed by atoms with van der Waals surface area (Å²) in [6, 6.07) is 3.20. The van der Waals surface area contributed by atoms with E-state index < -0.39 is 0 Å². The Balaban J connectivity index is 2.67. The Hall–Kier alpha value is 0.140. The molecule has 0 aliphatic carbocycles. The third kappa shape index (κ3) is 4.25. The number of rotatable bonds is 6. The minimum atomic E-state index is 0.513. The molecular formula is C12H20BrNS. The summed E-state index contributed by atoms with van der Waals surface area (Å²) >= 11 is 5.46. The molecule has 0 amide bonds. The van der Waals surface area contributed by atoms with Crippen LogP contribution in [-0.4, -0.2) is 6.04 Å². The van der Waals surface area contributed by atoms with Gasteiger partial charge in [0.25, 0.3) is 0 Å². The molecule has 0 radical (unpaired) electrons. The number of nitrogens with one attached hydrogen (secondary N) is 1. The van der Waals surface area contributed by atoms with Crippen molar-refractivity contribution in [2.24, 2.45) is 0 Å². The zero-order chi connectivity index (χ0) is 11.3. The summed E-state index contributed by atoms with van der Waals surface area (Å²) in [5.74, 6) is 0. The van der Waals surface area contributed by atoms with Crippen LogP contribution in [0.4, 0.5) is 0 Å². The second-order valence-corrected chi connectivity index (χ2v) is 5.95. The first-order valence-electron chi connectivity index (χ1n) is 5.64. The first kappa shape index (κ1) is 13.2. The maximum atomic E-state index is 3.64. The molecule has 0 saturated carbocycles. The topological polar surface area (TPSA) is 12.0 Å². The first-order chi connectivity index (χ1) is 7.15. The van der Waals surface area contributed by atoms with Crippen LogP contribution in [0, 0.1) is 0 Å². The fourth-order valence-corrected chi connectivity index (χ4v) is 3.40. The molecule has 1 aromatic rings. The Labute approximate surface area is 105 Å². The lowest BCUT2D eigenvalue weighted by Crippen LogP contribution is -2.27. The Morgan fingerprint density at radius 3 is 2.67 bits per heavy atom. The number of hydrogen-bond acceptors (Lipinski definition) is 2. The molecule has 1 heterocycles. The molecule has 0 aromatic carbocycles. The number of thiophene rings is 1. The minimum absolute atomic E-state index is 0.513. The first-order valence-corrected chi connectivity index (χ1v) is 7.31. The van der Waals surface area contributed by atoms with E-state index in [1.54, 1.807) is 0 Å².